The number of carbonyl (C=O) groups is 1. The molecule has 1 aromatic heterocycles. The fourth-order valence-corrected chi connectivity index (χ4v) is 3.19. The minimum atomic E-state index is 0.0710. The predicted molar refractivity (Wildman–Crippen MR) is 90.9 cm³/mol. The molecule has 4 rings (SSSR count). The monoisotopic (exact) mass is 318 g/mol. The molecule has 0 saturated carbocycles. The largest absolute Gasteiger partial charge is 0.334 e. The number of hydrogen-bond donors (Lipinski definition) is 0. The average molecular weight is 318 g/mol. The van der Waals surface area contributed by atoms with E-state index in [9.17, 15) is 4.79 Å². The summed E-state index contributed by atoms with van der Waals surface area (Å²) in [5.41, 5.74) is 4.19. The lowest BCUT2D eigenvalue weighted by molar-refractivity contribution is 0.0746. The Bertz CT molecular complexity index is 857. The second kappa shape index (κ2) is 6.28. The number of nitrogens with zero attached hydrogens (tertiary/aromatic N) is 4. The topological polar surface area (TPSA) is 51.0 Å². The molecule has 5 nitrogen and oxygen atoms in total. The van der Waals surface area contributed by atoms with Gasteiger partial charge in [-0.25, -0.2) is 0 Å². The number of aryl methyl sites for hydroxylation is 1. The van der Waals surface area contributed by atoms with Crippen molar-refractivity contribution in [3.8, 4) is 5.69 Å². The number of amides is 1. The first-order valence-electron chi connectivity index (χ1n) is 8.12. The summed E-state index contributed by atoms with van der Waals surface area (Å²) >= 11 is 0. The van der Waals surface area contributed by atoms with E-state index < -0.39 is 0 Å². The maximum atomic E-state index is 13.0. The minimum Gasteiger partial charge on any atom is -0.334 e. The van der Waals surface area contributed by atoms with Gasteiger partial charge in [-0.05, 0) is 42.2 Å². The van der Waals surface area contributed by atoms with Crippen molar-refractivity contribution in [1.29, 1.82) is 0 Å². The van der Waals surface area contributed by atoms with E-state index in [2.05, 4.69) is 28.4 Å². The normalized spacial score (nSPS) is 14.1. The van der Waals surface area contributed by atoms with Crippen molar-refractivity contribution in [3.63, 3.8) is 0 Å². The molecular formula is C19H18N4O. The molecule has 0 radical (unpaired) electrons. The first-order chi connectivity index (χ1) is 11.8. The Morgan fingerprint density at radius 3 is 2.58 bits per heavy atom. The van der Waals surface area contributed by atoms with Crippen LogP contribution in [-0.4, -0.2) is 32.1 Å². The zero-order valence-corrected chi connectivity index (χ0v) is 13.3. The molecule has 0 aliphatic carbocycles. The zero-order valence-electron chi connectivity index (χ0n) is 13.3. The number of hydrogen-bond acceptors (Lipinski definition) is 3. The van der Waals surface area contributed by atoms with E-state index in [1.54, 1.807) is 17.2 Å². The van der Waals surface area contributed by atoms with E-state index in [4.69, 9.17) is 0 Å². The predicted octanol–water partition coefficient (Wildman–Crippen LogP) is 2.86. The summed E-state index contributed by atoms with van der Waals surface area (Å²) in [7, 11) is 0. The maximum absolute atomic E-state index is 13.0. The Labute approximate surface area is 140 Å². The smallest absolute Gasteiger partial charge is 0.254 e. The molecule has 0 saturated heterocycles. The van der Waals surface area contributed by atoms with Crippen molar-refractivity contribution >= 4 is 5.91 Å². The van der Waals surface area contributed by atoms with Gasteiger partial charge in [0.25, 0.3) is 5.91 Å². The van der Waals surface area contributed by atoms with Gasteiger partial charge in [-0.3, -0.25) is 9.36 Å². The molecule has 2 heterocycles. The van der Waals surface area contributed by atoms with Crippen LogP contribution in [0.2, 0.25) is 0 Å². The van der Waals surface area contributed by atoms with Gasteiger partial charge in [0.2, 0.25) is 0 Å². The summed E-state index contributed by atoms with van der Waals surface area (Å²) in [5.74, 6) is 0.0710. The van der Waals surface area contributed by atoms with E-state index >= 15 is 0 Å². The van der Waals surface area contributed by atoms with Crippen molar-refractivity contribution in [3.05, 3.63) is 77.9 Å². The molecule has 3 aromatic rings. The SMILES string of the molecule is O=C(c1cccc(-n2cnnc2)c1)N1CCCc2ccccc2C1. The van der Waals surface area contributed by atoms with E-state index in [1.165, 1.54) is 11.1 Å². The fourth-order valence-electron chi connectivity index (χ4n) is 3.19. The summed E-state index contributed by atoms with van der Waals surface area (Å²) in [4.78, 5) is 14.9. The fraction of sp³-hybridized carbons (Fsp3) is 0.211. The third-order valence-corrected chi connectivity index (χ3v) is 4.45. The van der Waals surface area contributed by atoms with Crippen LogP contribution < -0.4 is 0 Å². The third kappa shape index (κ3) is 2.80. The van der Waals surface area contributed by atoms with Crippen LogP contribution in [0.3, 0.4) is 0 Å². The molecule has 0 fully saturated rings. The van der Waals surface area contributed by atoms with Crippen LogP contribution in [0.4, 0.5) is 0 Å². The van der Waals surface area contributed by atoms with Crippen LogP contribution in [0.25, 0.3) is 5.69 Å². The van der Waals surface area contributed by atoms with E-state index in [-0.39, 0.29) is 5.91 Å². The van der Waals surface area contributed by atoms with Crippen LogP contribution in [-0.2, 0) is 13.0 Å². The van der Waals surface area contributed by atoms with Gasteiger partial charge in [0.05, 0.1) is 0 Å². The van der Waals surface area contributed by atoms with Gasteiger partial charge in [0.1, 0.15) is 12.7 Å². The van der Waals surface area contributed by atoms with Crippen molar-refractivity contribution in [2.24, 2.45) is 0 Å². The Morgan fingerprint density at radius 2 is 1.75 bits per heavy atom. The molecule has 5 heteroatoms. The first kappa shape index (κ1) is 14.6. The quantitative estimate of drug-likeness (QED) is 0.730. The second-order valence-electron chi connectivity index (χ2n) is 6.02. The molecule has 2 aromatic carbocycles. The molecule has 1 aliphatic rings. The molecule has 0 spiro atoms. The molecule has 0 N–H and O–H groups in total. The Hall–Kier alpha value is -2.95. The lowest BCUT2D eigenvalue weighted by Crippen LogP contribution is -2.30. The van der Waals surface area contributed by atoms with Crippen molar-refractivity contribution in [2.45, 2.75) is 19.4 Å². The van der Waals surface area contributed by atoms with Gasteiger partial charge in [-0.15, -0.1) is 10.2 Å². The van der Waals surface area contributed by atoms with Gasteiger partial charge < -0.3 is 4.90 Å². The van der Waals surface area contributed by atoms with Crippen LogP contribution in [0.15, 0.2) is 61.2 Å². The Morgan fingerprint density at radius 1 is 0.958 bits per heavy atom. The lowest BCUT2D eigenvalue weighted by atomic mass is 10.0. The third-order valence-electron chi connectivity index (χ3n) is 4.45. The highest BCUT2D eigenvalue weighted by Gasteiger charge is 2.20. The van der Waals surface area contributed by atoms with Gasteiger partial charge in [0.15, 0.2) is 0 Å². The number of fused-ring (bicyclic) bond motifs is 1. The molecule has 24 heavy (non-hydrogen) atoms. The van der Waals surface area contributed by atoms with Gasteiger partial charge in [-0.1, -0.05) is 30.3 Å². The second-order valence-corrected chi connectivity index (χ2v) is 6.02. The number of aromatic nitrogens is 3. The van der Waals surface area contributed by atoms with Crippen molar-refractivity contribution < 1.29 is 4.79 Å². The lowest BCUT2D eigenvalue weighted by Gasteiger charge is -2.21. The number of carbonyl (C=O) groups excluding carboxylic acids is 1. The molecule has 0 unspecified atom stereocenters. The molecule has 1 amide bonds. The molecule has 0 atom stereocenters. The van der Waals surface area contributed by atoms with Gasteiger partial charge in [-0.2, -0.15) is 0 Å². The van der Waals surface area contributed by atoms with E-state index in [0.717, 1.165) is 25.1 Å². The first-order valence-corrected chi connectivity index (χ1v) is 8.12. The number of benzene rings is 2. The Balaban J connectivity index is 1.61. The summed E-state index contributed by atoms with van der Waals surface area (Å²) in [6.07, 6.45) is 5.28. The van der Waals surface area contributed by atoms with Crippen molar-refractivity contribution in [1.82, 2.24) is 19.7 Å². The molecule has 0 bridgehead atoms. The zero-order chi connectivity index (χ0) is 16.4. The van der Waals surface area contributed by atoms with Crippen LogP contribution in [0, 0.1) is 0 Å². The summed E-state index contributed by atoms with van der Waals surface area (Å²) in [5, 5.41) is 7.64. The summed E-state index contributed by atoms with van der Waals surface area (Å²) in [6.45, 7) is 1.45. The maximum Gasteiger partial charge on any atom is 0.254 e. The highest BCUT2D eigenvalue weighted by molar-refractivity contribution is 5.94. The Kier molecular flexibility index (Phi) is 3.83. The minimum absolute atomic E-state index is 0.0710. The average Bonchev–Trinajstić information content (AvgIpc) is 3.08. The highest BCUT2D eigenvalue weighted by Crippen LogP contribution is 2.21. The molecule has 120 valence electrons. The van der Waals surface area contributed by atoms with E-state index in [0.29, 0.717) is 12.1 Å². The molecule has 1 aliphatic heterocycles. The van der Waals surface area contributed by atoms with Gasteiger partial charge >= 0.3 is 0 Å². The van der Waals surface area contributed by atoms with Gasteiger partial charge in [0, 0.05) is 24.3 Å². The van der Waals surface area contributed by atoms with Crippen LogP contribution in [0.1, 0.15) is 27.9 Å². The van der Waals surface area contributed by atoms with E-state index in [1.807, 2.05) is 35.2 Å². The standard InChI is InChI=1S/C19H18N4O/c24-19(16-7-3-9-18(11-16)23-13-20-21-14-23)22-10-4-8-15-5-1-2-6-17(15)12-22/h1-3,5-7,9,11,13-14H,4,8,10,12H2. The molecular weight excluding hydrogens is 300 g/mol. The van der Waals surface area contributed by atoms with Crippen LogP contribution >= 0.6 is 0 Å². The summed E-state index contributed by atoms with van der Waals surface area (Å²) < 4.78 is 1.80. The van der Waals surface area contributed by atoms with Crippen LogP contribution in [0.5, 0.6) is 0 Å². The highest BCUT2D eigenvalue weighted by atomic mass is 16.2. The summed E-state index contributed by atoms with van der Waals surface area (Å²) in [6, 6.07) is 16.0. The number of rotatable bonds is 2. The van der Waals surface area contributed by atoms with Crippen molar-refractivity contribution in [2.75, 3.05) is 6.54 Å².